The number of oxazole rings is 1. The molecule has 0 bridgehead atoms. The number of aromatic nitrogens is 3. The van der Waals surface area contributed by atoms with E-state index in [1.54, 1.807) is 12.4 Å². The van der Waals surface area contributed by atoms with Crippen molar-refractivity contribution in [2.45, 2.75) is 18.9 Å². The van der Waals surface area contributed by atoms with E-state index in [9.17, 15) is 4.39 Å². The topological polar surface area (TPSA) is 70.3 Å². The quantitative estimate of drug-likeness (QED) is 0.771. The normalized spacial score (nSPS) is 15.4. The molecule has 3 heterocycles. The molecule has 26 heavy (non-hydrogen) atoms. The van der Waals surface area contributed by atoms with Crippen molar-refractivity contribution in [2.75, 3.05) is 42.3 Å². The summed E-state index contributed by atoms with van der Waals surface area (Å²) in [6.45, 7) is 1.64. The lowest BCUT2D eigenvalue weighted by molar-refractivity contribution is 0.481. The zero-order valence-corrected chi connectivity index (χ0v) is 14.8. The van der Waals surface area contributed by atoms with Crippen molar-refractivity contribution in [3.8, 4) is 0 Å². The maximum absolute atomic E-state index is 13.3. The molecule has 0 atom stereocenters. The number of piperidine rings is 1. The van der Waals surface area contributed by atoms with E-state index in [4.69, 9.17) is 4.42 Å². The highest BCUT2D eigenvalue weighted by atomic mass is 19.1. The summed E-state index contributed by atoms with van der Waals surface area (Å²) in [5, 5.41) is 3.48. The molecule has 0 amide bonds. The second-order valence-electron chi connectivity index (χ2n) is 6.67. The second-order valence-corrected chi connectivity index (χ2v) is 6.67. The number of hydrogen-bond acceptors (Lipinski definition) is 7. The lowest BCUT2D eigenvalue weighted by Gasteiger charge is -2.31. The summed E-state index contributed by atoms with van der Waals surface area (Å²) in [6.07, 6.45) is 3.45. The van der Waals surface area contributed by atoms with Crippen LogP contribution in [0.5, 0.6) is 0 Å². The fourth-order valence-corrected chi connectivity index (χ4v) is 3.12. The molecule has 1 N–H and O–H groups in total. The van der Waals surface area contributed by atoms with E-state index in [2.05, 4.69) is 25.2 Å². The summed E-state index contributed by atoms with van der Waals surface area (Å²) in [7, 11) is 3.91. The van der Waals surface area contributed by atoms with E-state index in [0.717, 1.165) is 37.6 Å². The van der Waals surface area contributed by atoms with Gasteiger partial charge in [-0.2, -0.15) is 4.98 Å². The summed E-state index contributed by atoms with van der Waals surface area (Å²) in [6, 6.07) is 7.24. The first kappa shape index (κ1) is 16.6. The van der Waals surface area contributed by atoms with Crippen LogP contribution in [0.3, 0.4) is 0 Å². The first-order valence-electron chi connectivity index (χ1n) is 8.65. The van der Waals surface area contributed by atoms with Crippen LogP contribution in [0.2, 0.25) is 0 Å². The van der Waals surface area contributed by atoms with E-state index >= 15 is 0 Å². The Morgan fingerprint density at radius 3 is 2.77 bits per heavy atom. The van der Waals surface area contributed by atoms with E-state index in [1.165, 1.54) is 12.1 Å². The number of anilines is 3. The molecule has 1 fully saturated rings. The lowest BCUT2D eigenvalue weighted by atomic mass is 10.1. The van der Waals surface area contributed by atoms with Crippen LogP contribution in [-0.4, -0.2) is 48.2 Å². The Balaban J connectivity index is 1.39. The molecule has 1 aromatic carbocycles. The van der Waals surface area contributed by atoms with Gasteiger partial charge in [0.15, 0.2) is 5.58 Å². The van der Waals surface area contributed by atoms with Gasteiger partial charge in [-0.15, -0.1) is 0 Å². The van der Waals surface area contributed by atoms with Crippen molar-refractivity contribution >= 4 is 28.8 Å². The summed E-state index contributed by atoms with van der Waals surface area (Å²) in [4.78, 5) is 17.0. The highest BCUT2D eigenvalue weighted by Gasteiger charge is 2.23. The van der Waals surface area contributed by atoms with E-state index < -0.39 is 0 Å². The van der Waals surface area contributed by atoms with Gasteiger partial charge in [0.2, 0.25) is 0 Å². The van der Waals surface area contributed by atoms with Crippen LogP contribution in [0.1, 0.15) is 12.8 Å². The fraction of sp³-hybridized carbons (Fsp3) is 0.389. The van der Waals surface area contributed by atoms with Crippen LogP contribution < -0.4 is 15.1 Å². The van der Waals surface area contributed by atoms with Crippen LogP contribution in [0.4, 0.5) is 22.0 Å². The fourth-order valence-electron chi connectivity index (χ4n) is 3.12. The number of nitrogens with one attached hydrogen (secondary N) is 1. The summed E-state index contributed by atoms with van der Waals surface area (Å²) >= 11 is 0. The SMILES string of the molecule is CN(C)c1cc(NC2CCN(c3nc4cc(F)ccc4o3)CC2)ncn1. The molecule has 8 heteroatoms. The third-order valence-electron chi connectivity index (χ3n) is 4.57. The Kier molecular flexibility index (Phi) is 4.32. The van der Waals surface area contributed by atoms with Crippen LogP contribution in [0.25, 0.3) is 11.1 Å². The van der Waals surface area contributed by atoms with Crippen molar-refractivity contribution in [2.24, 2.45) is 0 Å². The van der Waals surface area contributed by atoms with Gasteiger partial charge in [-0.3, -0.25) is 0 Å². The Bertz CT molecular complexity index is 904. The van der Waals surface area contributed by atoms with Gasteiger partial charge in [-0.25, -0.2) is 14.4 Å². The van der Waals surface area contributed by atoms with Crippen molar-refractivity contribution in [3.05, 3.63) is 36.4 Å². The van der Waals surface area contributed by atoms with Gasteiger partial charge in [-0.05, 0) is 25.0 Å². The maximum Gasteiger partial charge on any atom is 0.298 e. The summed E-state index contributed by atoms with van der Waals surface area (Å²) in [5.74, 6) is 1.40. The Hall–Kier alpha value is -2.90. The third-order valence-corrected chi connectivity index (χ3v) is 4.57. The van der Waals surface area contributed by atoms with Gasteiger partial charge in [-0.1, -0.05) is 0 Å². The molecule has 1 saturated heterocycles. The highest BCUT2D eigenvalue weighted by Crippen LogP contribution is 2.26. The lowest BCUT2D eigenvalue weighted by Crippen LogP contribution is -2.39. The molecule has 1 aliphatic heterocycles. The third kappa shape index (κ3) is 3.40. The molecule has 7 nitrogen and oxygen atoms in total. The molecule has 0 spiro atoms. The molecule has 1 aliphatic rings. The number of fused-ring (bicyclic) bond motifs is 1. The van der Waals surface area contributed by atoms with Crippen molar-refractivity contribution in [1.29, 1.82) is 0 Å². The van der Waals surface area contributed by atoms with Gasteiger partial charge in [0.05, 0.1) is 0 Å². The summed E-state index contributed by atoms with van der Waals surface area (Å²) < 4.78 is 19.1. The van der Waals surface area contributed by atoms with Crippen LogP contribution in [0, 0.1) is 5.82 Å². The van der Waals surface area contributed by atoms with Crippen LogP contribution in [-0.2, 0) is 0 Å². The Morgan fingerprint density at radius 1 is 1.19 bits per heavy atom. The van der Waals surface area contributed by atoms with Crippen molar-refractivity contribution in [3.63, 3.8) is 0 Å². The molecule has 2 aromatic heterocycles. The highest BCUT2D eigenvalue weighted by molar-refractivity contribution is 5.74. The van der Waals surface area contributed by atoms with Crippen LogP contribution in [0.15, 0.2) is 35.0 Å². The van der Waals surface area contributed by atoms with Gasteiger partial charge in [0.1, 0.15) is 29.3 Å². The zero-order chi connectivity index (χ0) is 18.1. The Labute approximate surface area is 150 Å². The van der Waals surface area contributed by atoms with Crippen LogP contribution >= 0.6 is 0 Å². The molecule has 136 valence electrons. The number of halogens is 1. The van der Waals surface area contributed by atoms with E-state index in [0.29, 0.717) is 23.2 Å². The minimum atomic E-state index is -0.304. The number of nitrogens with zero attached hydrogens (tertiary/aromatic N) is 5. The average molecular weight is 356 g/mol. The standard InChI is InChI=1S/C18H21FN6O/c1-24(2)17-10-16(20-11-21-17)22-13-5-7-25(8-6-13)18-23-14-9-12(19)3-4-15(14)26-18/h3-4,9-11,13H,5-8H2,1-2H3,(H,20,21,22). The van der Waals surface area contributed by atoms with Gasteiger partial charge >= 0.3 is 0 Å². The second kappa shape index (κ2) is 6.78. The first-order chi connectivity index (χ1) is 12.6. The predicted molar refractivity (Wildman–Crippen MR) is 99.2 cm³/mol. The number of rotatable bonds is 4. The minimum Gasteiger partial charge on any atom is -0.423 e. The minimum absolute atomic E-state index is 0.304. The van der Waals surface area contributed by atoms with Crippen molar-refractivity contribution < 1.29 is 8.81 Å². The largest absolute Gasteiger partial charge is 0.423 e. The Morgan fingerprint density at radius 2 is 2.00 bits per heavy atom. The predicted octanol–water partition coefficient (Wildman–Crippen LogP) is 2.90. The first-order valence-corrected chi connectivity index (χ1v) is 8.65. The molecule has 0 aliphatic carbocycles. The monoisotopic (exact) mass is 356 g/mol. The summed E-state index contributed by atoms with van der Waals surface area (Å²) in [5.41, 5.74) is 1.16. The number of benzene rings is 1. The molecule has 0 radical (unpaired) electrons. The maximum atomic E-state index is 13.3. The number of hydrogen-bond donors (Lipinski definition) is 1. The van der Waals surface area contributed by atoms with Gasteiger partial charge in [0.25, 0.3) is 6.01 Å². The molecule has 3 aromatic rings. The zero-order valence-electron chi connectivity index (χ0n) is 14.8. The van der Waals surface area contributed by atoms with Gasteiger partial charge < -0.3 is 19.5 Å². The molecule has 4 rings (SSSR count). The molecular weight excluding hydrogens is 335 g/mol. The van der Waals surface area contributed by atoms with Crippen molar-refractivity contribution in [1.82, 2.24) is 15.0 Å². The average Bonchev–Trinajstić information content (AvgIpc) is 3.05. The van der Waals surface area contributed by atoms with E-state index in [1.807, 2.05) is 25.1 Å². The molecule has 0 saturated carbocycles. The molecule has 0 unspecified atom stereocenters. The van der Waals surface area contributed by atoms with Gasteiger partial charge in [0, 0.05) is 45.4 Å². The smallest absolute Gasteiger partial charge is 0.298 e. The molecular formula is C18H21FN6O. The van der Waals surface area contributed by atoms with E-state index in [-0.39, 0.29) is 5.82 Å².